The Morgan fingerprint density at radius 3 is 2.04 bits per heavy atom. The first-order chi connectivity index (χ1) is 21.5. The first-order valence-electron chi connectivity index (χ1n) is 14.3. The number of rotatable bonds is 17. The normalized spacial score (nSPS) is 13.6. The van der Waals surface area contributed by atoms with Gasteiger partial charge in [-0.15, -0.1) is 0 Å². The van der Waals surface area contributed by atoms with Crippen LogP contribution in [0.5, 0.6) is 0 Å². The first kappa shape index (κ1) is 34.6. The third-order valence-electron chi connectivity index (χ3n) is 6.99. The van der Waals surface area contributed by atoms with Gasteiger partial charge in [0.2, 0.25) is 29.5 Å². The number of aliphatic carboxylic acids is 1. The number of fused-ring (bicyclic) bond motifs is 1. The number of benzene rings is 2. The highest BCUT2D eigenvalue weighted by molar-refractivity contribution is 7.98. The van der Waals surface area contributed by atoms with Crippen LogP contribution in [0.3, 0.4) is 0 Å². The van der Waals surface area contributed by atoms with E-state index in [9.17, 15) is 33.9 Å². The summed E-state index contributed by atoms with van der Waals surface area (Å²) < 4.78 is 0. The SMILES string of the molecule is CSCC[C@H](NC(=O)[C@H](CC(=O)O)NC(=O)[C@H](Cc1ccccc1)NC(C)=O)C(=O)N[C@H](Cc1c[nH]c2ccccc12)C(N)=O. The smallest absolute Gasteiger partial charge is 0.305 e. The van der Waals surface area contributed by atoms with E-state index < -0.39 is 66.1 Å². The summed E-state index contributed by atoms with van der Waals surface area (Å²) in [6.07, 6.45) is 3.09. The monoisotopic (exact) mass is 638 g/mol. The lowest BCUT2D eigenvalue weighted by atomic mass is 10.0. The minimum Gasteiger partial charge on any atom is -0.481 e. The summed E-state index contributed by atoms with van der Waals surface area (Å²) in [5.74, 6) is -4.57. The van der Waals surface area contributed by atoms with E-state index in [0.717, 1.165) is 22.0 Å². The number of aromatic amines is 1. The maximum absolute atomic E-state index is 13.4. The fourth-order valence-electron chi connectivity index (χ4n) is 4.75. The predicted octanol–water partition coefficient (Wildman–Crippen LogP) is 0.625. The van der Waals surface area contributed by atoms with Crippen LogP contribution in [0.15, 0.2) is 60.8 Å². The Hall–Kier alpha value is -4.85. The van der Waals surface area contributed by atoms with Crippen molar-refractivity contribution in [3.63, 3.8) is 0 Å². The van der Waals surface area contributed by atoms with Crippen LogP contribution >= 0.6 is 11.8 Å². The fraction of sp³-hybridized carbons (Fsp3) is 0.355. The topological polar surface area (TPSA) is 213 Å². The quantitative estimate of drug-likeness (QED) is 0.111. The lowest BCUT2D eigenvalue weighted by Gasteiger charge is -2.25. The van der Waals surface area contributed by atoms with E-state index in [-0.39, 0.29) is 19.3 Å². The number of thioether (sulfide) groups is 1. The largest absolute Gasteiger partial charge is 0.481 e. The zero-order valence-corrected chi connectivity index (χ0v) is 25.8. The number of carboxylic acid groups (broad SMARTS) is 1. The zero-order chi connectivity index (χ0) is 32.9. The Kier molecular flexibility index (Phi) is 13.0. The molecule has 4 atom stereocenters. The van der Waals surface area contributed by atoms with Crippen molar-refractivity contribution in [2.75, 3.05) is 12.0 Å². The number of primary amides is 1. The maximum Gasteiger partial charge on any atom is 0.305 e. The van der Waals surface area contributed by atoms with Gasteiger partial charge in [0.1, 0.15) is 24.2 Å². The summed E-state index contributed by atoms with van der Waals surface area (Å²) in [7, 11) is 0. The molecule has 45 heavy (non-hydrogen) atoms. The van der Waals surface area contributed by atoms with Crippen LogP contribution < -0.4 is 27.0 Å². The van der Waals surface area contributed by atoms with Crippen molar-refractivity contribution in [3.05, 3.63) is 71.9 Å². The molecule has 1 heterocycles. The predicted molar refractivity (Wildman–Crippen MR) is 170 cm³/mol. The van der Waals surface area contributed by atoms with E-state index in [2.05, 4.69) is 26.3 Å². The molecule has 2 aromatic carbocycles. The average molecular weight is 639 g/mol. The molecule has 0 spiro atoms. The van der Waals surface area contributed by atoms with Gasteiger partial charge in [0.15, 0.2) is 0 Å². The number of H-pyrrole nitrogens is 1. The Labute approximate surface area is 264 Å². The Bertz CT molecular complexity index is 1510. The number of amides is 5. The van der Waals surface area contributed by atoms with Crippen molar-refractivity contribution in [3.8, 4) is 0 Å². The number of nitrogens with one attached hydrogen (secondary N) is 5. The summed E-state index contributed by atoms with van der Waals surface area (Å²) in [5.41, 5.74) is 7.96. The molecular formula is C31H38N6O7S. The summed E-state index contributed by atoms with van der Waals surface area (Å²) in [5, 5.41) is 20.5. The highest BCUT2D eigenvalue weighted by Gasteiger charge is 2.32. The zero-order valence-electron chi connectivity index (χ0n) is 25.0. The van der Waals surface area contributed by atoms with E-state index in [0.29, 0.717) is 5.75 Å². The van der Waals surface area contributed by atoms with E-state index in [4.69, 9.17) is 5.73 Å². The van der Waals surface area contributed by atoms with Crippen molar-refractivity contribution in [1.29, 1.82) is 0 Å². The number of carbonyl (C=O) groups excluding carboxylic acids is 5. The van der Waals surface area contributed by atoms with E-state index >= 15 is 0 Å². The second kappa shape index (κ2) is 16.9. The molecule has 240 valence electrons. The van der Waals surface area contributed by atoms with Gasteiger partial charge in [-0.05, 0) is 35.6 Å². The van der Waals surface area contributed by atoms with Crippen molar-refractivity contribution in [2.45, 2.75) is 56.8 Å². The fourth-order valence-corrected chi connectivity index (χ4v) is 5.22. The number of hydrogen-bond donors (Lipinski definition) is 7. The Balaban J connectivity index is 1.75. The van der Waals surface area contributed by atoms with E-state index in [1.54, 1.807) is 36.5 Å². The second-order valence-electron chi connectivity index (χ2n) is 10.5. The standard InChI is InChI=1S/C31H38N6O7S/c1-18(38)34-25(14-19-8-4-3-5-9-19)30(43)37-26(16-27(39)40)31(44)35-23(12-13-45-2)29(42)36-24(28(32)41)15-20-17-33-22-11-7-6-10-21(20)22/h3-11,17,23-26,33H,12-16H2,1-2H3,(H2,32,41)(H,34,38)(H,35,44)(H,36,42)(H,37,43)(H,39,40)/t23-,24+,25-,26-/m0/s1. The number of para-hydroxylation sites is 1. The number of nitrogens with two attached hydrogens (primary N) is 1. The molecule has 3 rings (SSSR count). The Morgan fingerprint density at radius 2 is 1.40 bits per heavy atom. The van der Waals surface area contributed by atoms with Gasteiger partial charge in [0.25, 0.3) is 0 Å². The molecule has 0 bridgehead atoms. The third-order valence-corrected chi connectivity index (χ3v) is 7.63. The molecule has 0 aliphatic carbocycles. The molecule has 0 unspecified atom stereocenters. The van der Waals surface area contributed by atoms with Crippen molar-refractivity contribution >= 4 is 58.2 Å². The van der Waals surface area contributed by atoms with Crippen LogP contribution in [-0.4, -0.2) is 81.8 Å². The highest BCUT2D eigenvalue weighted by atomic mass is 32.2. The molecule has 0 saturated heterocycles. The third kappa shape index (κ3) is 10.7. The summed E-state index contributed by atoms with van der Waals surface area (Å²) in [6.45, 7) is 1.24. The van der Waals surface area contributed by atoms with Gasteiger partial charge in [-0.2, -0.15) is 11.8 Å². The molecule has 3 aromatic rings. The van der Waals surface area contributed by atoms with Gasteiger partial charge in [0, 0.05) is 36.9 Å². The molecule has 5 amide bonds. The maximum atomic E-state index is 13.4. The van der Waals surface area contributed by atoms with Crippen molar-refractivity contribution in [1.82, 2.24) is 26.3 Å². The molecule has 14 heteroatoms. The molecule has 1 aromatic heterocycles. The molecule has 13 nitrogen and oxygen atoms in total. The summed E-state index contributed by atoms with van der Waals surface area (Å²) in [4.78, 5) is 78.9. The van der Waals surface area contributed by atoms with E-state index in [1.165, 1.54) is 18.7 Å². The van der Waals surface area contributed by atoms with Crippen LogP contribution in [0.1, 0.15) is 30.9 Å². The molecule has 0 radical (unpaired) electrons. The summed E-state index contributed by atoms with van der Waals surface area (Å²) in [6, 6.07) is 11.4. The van der Waals surface area contributed by atoms with Crippen LogP contribution in [-0.2, 0) is 41.6 Å². The number of aromatic nitrogens is 1. The van der Waals surface area contributed by atoms with Crippen LogP contribution in [0, 0.1) is 0 Å². The van der Waals surface area contributed by atoms with Gasteiger partial charge in [-0.25, -0.2) is 0 Å². The second-order valence-corrected chi connectivity index (χ2v) is 11.5. The summed E-state index contributed by atoms with van der Waals surface area (Å²) >= 11 is 1.41. The van der Waals surface area contributed by atoms with Crippen molar-refractivity contribution in [2.24, 2.45) is 5.73 Å². The van der Waals surface area contributed by atoms with Gasteiger partial charge in [-0.3, -0.25) is 28.8 Å². The first-order valence-corrected chi connectivity index (χ1v) is 15.6. The van der Waals surface area contributed by atoms with Crippen LogP contribution in [0.2, 0.25) is 0 Å². The highest BCUT2D eigenvalue weighted by Crippen LogP contribution is 2.19. The van der Waals surface area contributed by atoms with Gasteiger partial charge in [0.05, 0.1) is 6.42 Å². The molecule has 0 saturated carbocycles. The Morgan fingerprint density at radius 1 is 0.800 bits per heavy atom. The average Bonchev–Trinajstić information content (AvgIpc) is 3.40. The van der Waals surface area contributed by atoms with Crippen LogP contribution in [0.4, 0.5) is 0 Å². The lowest BCUT2D eigenvalue weighted by molar-refractivity contribution is -0.141. The molecule has 8 N–H and O–H groups in total. The minimum absolute atomic E-state index is 0.0946. The van der Waals surface area contributed by atoms with Crippen molar-refractivity contribution < 1.29 is 33.9 Å². The van der Waals surface area contributed by atoms with Gasteiger partial charge in [-0.1, -0.05) is 48.5 Å². The molecular weight excluding hydrogens is 600 g/mol. The van der Waals surface area contributed by atoms with Gasteiger partial charge < -0.3 is 37.1 Å². The van der Waals surface area contributed by atoms with E-state index in [1.807, 2.05) is 30.5 Å². The number of carboxylic acids is 1. The number of carbonyl (C=O) groups is 6. The minimum atomic E-state index is -1.57. The van der Waals surface area contributed by atoms with Crippen LogP contribution in [0.25, 0.3) is 10.9 Å². The van der Waals surface area contributed by atoms with Gasteiger partial charge >= 0.3 is 5.97 Å². The lowest BCUT2D eigenvalue weighted by Crippen LogP contribution is -2.58. The molecule has 0 fully saturated rings. The number of hydrogen-bond acceptors (Lipinski definition) is 7. The molecule has 0 aliphatic heterocycles. The molecule has 0 aliphatic rings.